The number of para-hydroxylation sites is 1. The van der Waals surface area contributed by atoms with Gasteiger partial charge in [0, 0.05) is 5.92 Å². The zero-order chi connectivity index (χ0) is 26.4. The van der Waals surface area contributed by atoms with E-state index in [0.29, 0.717) is 22.8 Å². The molecule has 2 aromatic carbocycles. The summed E-state index contributed by atoms with van der Waals surface area (Å²) in [5, 5.41) is 0. The predicted molar refractivity (Wildman–Crippen MR) is 135 cm³/mol. The lowest BCUT2D eigenvalue weighted by atomic mass is 10.2. The summed E-state index contributed by atoms with van der Waals surface area (Å²) in [7, 11) is 1.36. The van der Waals surface area contributed by atoms with Crippen molar-refractivity contribution in [1.29, 1.82) is 0 Å². The van der Waals surface area contributed by atoms with E-state index < -0.39 is 5.91 Å². The fourth-order valence-corrected chi connectivity index (χ4v) is 2.60. The first-order chi connectivity index (χ1) is 16.5. The Kier molecular flexibility index (Phi) is 12.7. The Bertz CT molecular complexity index is 1010. The van der Waals surface area contributed by atoms with Gasteiger partial charge in [-0.25, -0.2) is 9.78 Å². The van der Waals surface area contributed by atoms with Gasteiger partial charge in [-0.1, -0.05) is 26.0 Å². The van der Waals surface area contributed by atoms with Gasteiger partial charge in [0.2, 0.25) is 0 Å². The maximum Gasteiger partial charge on any atom is 0.337 e. The molecule has 0 spiro atoms. The zero-order valence-corrected chi connectivity index (χ0v) is 21.5. The van der Waals surface area contributed by atoms with E-state index in [1.165, 1.54) is 13.5 Å². The summed E-state index contributed by atoms with van der Waals surface area (Å²) < 4.78 is 20.4. The number of nitrogens with two attached hydrogens (primary N) is 1. The van der Waals surface area contributed by atoms with Crippen LogP contribution in [0.4, 0.5) is 0 Å². The summed E-state index contributed by atoms with van der Waals surface area (Å²) in [6.45, 7) is 11.8. The smallest absolute Gasteiger partial charge is 0.337 e. The molecular weight excluding hydrogens is 448 g/mol. The molecule has 0 radical (unpaired) electrons. The van der Waals surface area contributed by atoms with Gasteiger partial charge in [0.25, 0.3) is 5.91 Å². The van der Waals surface area contributed by atoms with Crippen molar-refractivity contribution in [2.75, 3.05) is 7.11 Å². The van der Waals surface area contributed by atoms with E-state index in [1.807, 2.05) is 33.8 Å². The molecule has 1 heterocycles. The van der Waals surface area contributed by atoms with Gasteiger partial charge < -0.3 is 24.4 Å². The van der Waals surface area contributed by atoms with Crippen molar-refractivity contribution in [1.82, 2.24) is 4.98 Å². The third-order valence-electron chi connectivity index (χ3n) is 4.18. The van der Waals surface area contributed by atoms with Crippen LogP contribution in [0.1, 0.15) is 73.9 Å². The molecule has 2 N–H and O–H groups in total. The summed E-state index contributed by atoms with van der Waals surface area (Å²) in [6, 6.07) is 13.8. The van der Waals surface area contributed by atoms with Gasteiger partial charge in [-0.3, -0.25) is 4.79 Å². The number of esters is 1. The summed E-state index contributed by atoms with van der Waals surface area (Å²) in [5.41, 5.74) is 6.13. The second kappa shape index (κ2) is 15.2. The SMILES string of the molecule is CC(C)Oc1ccccc1C(N)=O.CC(C)c1cnco1.COC(=O)c1ccc(OC(C)C)cc1. The van der Waals surface area contributed by atoms with Crippen LogP contribution < -0.4 is 15.2 Å². The standard InChI is InChI=1S/C11H14O3.C10H13NO2.C6H9NO/c1-8(2)14-10-6-4-9(5-7-10)11(12)13-3;1-7(2)13-9-6-4-3-5-8(9)10(11)12;1-5(2)6-3-7-4-8-6/h4-8H,1-3H3;3-7H,1-2H3,(H2,11,12);3-5H,1-2H3. The second-order valence-electron chi connectivity index (χ2n) is 8.27. The van der Waals surface area contributed by atoms with E-state index in [1.54, 1.807) is 48.7 Å². The zero-order valence-electron chi connectivity index (χ0n) is 21.5. The van der Waals surface area contributed by atoms with Crippen molar-refractivity contribution in [3.8, 4) is 11.5 Å². The van der Waals surface area contributed by atoms with Gasteiger partial charge >= 0.3 is 5.97 Å². The highest BCUT2D eigenvalue weighted by atomic mass is 16.5. The third-order valence-corrected chi connectivity index (χ3v) is 4.18. The number of hydrogen-bond acceptors (Lipinski definition) is 7. The molecule has 1 amide bonds. The molecule has 8 heteroatoms. The van der Waals surface area contributed by atoms with E-state index in [-0.39, 0.29) is 18.2 Å². The Hall–Kier alpha value is -3.81. The molecule has 0 unspecified atom stereocenters. The number of ether oxygens (including phenoxy) is 3. The maximum absolute atomic E-state index is 11.1. The summed E-state index contributed by atoms with van der Waals surface area (Å²) in [5.74, 6) is 1.91. The van der Waals surface area contributed by atoms with Crippen LogP contribution in [-0.4, -0.2) is 36.2 Å². The van der Waals surface area contributed by atoms with Gasteiger partial charge in [-0.2, -0.15) is 0 Å². The molecule has 0 fully saturated rings. The van der Waals surface area contributed by atoms with Crippen LogP contribution in [-0.2, 0) is 4.74 Å². The van der Waals surface area contributed by atoms with Crippen LogP contribution in [0.5, 0.6) is 11.5 Å². The maximum atomic E-state index is 11.1. The van der Waals surface area contributed by atoms with E-state index in [9.17, 15) is 9.59 Å². The van der Waals surface area contributed by atoms with E-state index in [2.05, 4.69) is 23.6 Å². The Morgan fingerprint density at radius 1 is 0.886 bits per heavy atom. The molecule has 0 saturated carbocycles. The first kappa shape index (κ1) is 29.2. The highest BCUT2D eigenvalue weighted by molar-refractivity contribution is 5.95. The molecule has 3 rings (SSSR count). The van der Waals surface area contributed by atoms with Gasteiger partial charge in [0.05, 0.1) is 36.6 Å². The fourth-order valence-electron chi connectivity index (χ4n) is 2.60. The average molecular weight is 485 g/mol. The number of aromatic nitrogens is 1. The van der Waals surface area contributed by atoms with E-state index in [4.69, 9.17) is 19.6 Å². The van der Waals surface area contributed by atoms with Crippen LogP contribution in [0.15, 0.2) is 65.5 Å². The molecule has 0 aliphatic rings. The first-order valence-corrected chi connectivity index (χ1v) is 11.3. The van der Waals surface area contributed by atoms with Crippen LogP contribution in [0.3, 0.4) is 0 Å². The number of oxazole rings is 1. The number of carbonyl (C=O) groups excluding carboxylic acids is 2. The van der Waals surface area contributed by atoms with E-state index >= 15 is 0 Å². The first-order valence-electron chi connectivity index (χ1n) is 11.3. The number of amides is 1. The highest BCUT2D eigenvalue weighted by Crippen LogP contribution is 2.18. The monoisotopic (exact) mass is 484 g/mol. The largest absolute Gasteiger partial charge is 0.491 e. The summed E-state index contributed by atoms with van der Waals surface area (Å²) in [6.07, 6.45) is 3.37. The lowest BCUT2D eigenvalue weighted by Gasteiger charge is -2.11. The van der Waals surface area contributed by atoms with Crippen molar-refractivity contribution in [3.05, 3.63) is 78.0 Å². The van der Waals surface area contributed by atoms with Crippen molar-refractivity contribution in [2.24, 2.45) is 5.73 Å². The number of carbonyl (C=O) groups is 2. The van der Waals surface area contributed by atoms with Gasteiger partial charge in [0.15, 0.2) is 6.39 Å². The van der Waals surface area contributed by atoms with Crippen LogP contribution >= 0.6 is 0 Å². The third kappa shape index (κ3) is 11.2. The molecule has 8 nitrogen and oxygen atoms in total. The van der Waals surface area contributed by atoms with Crippen LogP contribution in [0.2, 0.25) is 0 Å². The summed E-state index contributed by atoms with van der Waals surface area (Å²) >= 11 is 0. The number of hydrogen-bond donors (Lipinski definition) is 1. The number of methoxy groups -OCH3 is 1. The molecule has 0 bridgehead atoms. The lowest BCUT2D eigenvalue weighted by molar-refractivity contribution is 0.0600. The molecule has 1 aromatic heterocycles. The molecule has 0 saturated heterocycles. The number of nitrogens with zero attached hydrogens (tertiary/aromatic N) is 1. The lowest BCUT2D eigenvalue weighted by Crippen LogP contribution is -2.15. The Balaban J connectivity index is 0.000000272. The Morgan fingerprint density at radius 3 is 1.91 bits per heavy atom. The van der Waals surface area contributed by atoms with Crippen LogP contribution in [0.25, 0.3) is 0 Å². The molecule has 0 aliphatic heterocycles. The molecule has 35 heavy (non-hydrogen) atoms. The molecule has 0 atom stereocenters. The second-order valence-corrected chi connectivity index (χ2v) is 8.27. The Labute approximate surface area is 207 Å². The van der Waals surface area contributed by atoms with Crippen molar-refractivity contribution in [2.45, 2.75) is 59.7 Å². The quantitative estimate of drug-likeness (QED) is 0.432. The normalized spacial score (nSPS) is 10.1. The van der Waals surface area contributed by atoms with E-state index in [0.717, 1.165) is 11.5 Å². The van der Waals surface area contributed by atoms with Gasteiger partial charge in [0.1, 0.15) is 17.3 Å². The topological polar surface area (TPSA) is 114 Å². The van der Waals surface area contributed by atoms with Crippen molar-refractivity contribution < 1.29 is 28.2 Å². The summed E-state index contributed by atoms with van der Waals surface area (Å²) in [4.78, 5) is 25.8. The molecule has 190 valence electrons. The molecule has 0 aliphatic carbocycles. The van der Waals surface area contributed by atoms with Gasteiger partial charge in [-0.05, 0) is 64.1 Å². The van der Waals surface area contributed by atoms with Crippen molar-refractivity contribution >= 4 is 11.9 Å². The van der Waals surface area contributed by atoms with Gasteiger partial charge in [-0.15, -0.1) is 0 Å². The predicted octanol–water partition coefficient (Wildman–Crippen LogP) is 5.63. The number of rotatable bonds is 7. The molecule has 3 aromatic rings. The fraction of sp³-hybridized carbons (Fsp3) is 0.370. The minimum atomic E-state index is -0.462. The molecular formula is C27H36N2O6. The minimum Gasteiger partial charge on any atom is -0.491 e. The Morgan fingerprint density at radius 2 is 1.49 bits per heavy atom. The minimum absolute atomic E-state index is 0.0421. The van der Waals surface area contributed by atoms with Crippen molar-refractivity contribution in [3.63, 3.8) is 0 Å². The average Bonchev–Trinajstić information content (AvgIpc) is 3.35. The number of benzene rings is 2. The van der Waals surface area contributed by atoms with Crippen LogP contribution in [0, 0.1) is 0 Å². The highest BCUT2D eigenvalue weighted by Gasteiger charge is 2.09. The number of primary amides is 1.